The van der Waals surface area contributed by atoms with E-state index in [-0.39, 0.29) is 12.3 Å². The molecule has 2 rings (SSSR count). The van der Waals surface area contributed by atoms with Crippen molar-refractivity contribution in [3.63, 3.8) is 0 Å². The lowest BCUT2D eigenvalue weighted by molar-refractivity contribution is -0.137. The van der Waals surface area contributed by atoms with E-state index in [4.69, 9.17) is 5.11 Å². The highest BCUT2D eigenvalue weighted by Gasteiger charge is 2.34. The minimum Gasteiger partial charge on any atom is -0.481 e. The second kappa shape index (κ2) is 10.4. The van der Waals surface area contributed by atoms with E-state index in [0.717, 1.165) is 37.4 Å². The second-order valence-electron chi connectivity index (χ2n) is 7.44. The Bertz CT molecular complexity index is 409. The molecule has 0 saturated heterocycles. The number of Topliss-reactive ketones (excluding diaryl/α,β-unsaturated/α-hetero) is 1. The van der Waals surface area contributed by atoms with Crippen LogP contribution in [0, 0.1) is 11.8 Å². The Labute approximate surface area is 150 Å². The van der Waals surface area contributed by atoms with Crippen LogP contribution in [0.5, 0.6) is 0 Å². The molecule has 138 valence electrons. The number of thioether (sulfide) groups is 1. The fourth-order valence-corrected chi connectivity index (χ4v) is 5.55. The maximum atomic E-state index is 12.4. The summed E-state index contributed by atoms with van der Waals surface area (Å²) in [7, 11) is 0. The molecule has 0 aromatic carbocycles. The largest absolute Gasteiger partial charge is 0.481 e. The van der Waals surface area contributed by atoms with Gasteiger partial charge in [-0.3, -0.25) is 9.59 Å². The molecule has 3 atom stereocenters. The number of aliphatic carboxylic acids is 1. The molecule has 2 saturated carbocycles. The number of hydrogen-bond donors (Lipinski definition) is 2. The Balaban J connectivity index is 1.74. The van der Waals surface area contributed by atoms with E-state index in [1.54, 1.807) is 0 Å². The topological polar surface area (TPSA) is 66.4 Å². The zero-order valence-corrected chi connectivity index (χ0v) is 15.8. The monoisotopic (exact) mass is 355 g/mol. The molecule has 0 spiro atoms. The van der Waals surface area contributed by atoms with E-state index < -0.39 is 5.97 Å². The first-order chi connectivity index (χ1) is 11.6. The summed E-state index contributed by atoms with van der Waals surface area (Å²) in [4.78, 5) is 23.0. The van der Waals surface area contributed by atoms with E-state index in [2.05, 4.69) is 12.2 Å². The number of carbonyl (C=O) groups excluding carboxylic acids is 1. The van der Waals surface area contributed by atoms with Crippen LogP contribution in [0.4, 0.5) is 0 Å². The van der Waals surface area contributed by atoms with Gasteiger partial charge in [0.25, 0.3) is 0 Å². The van der Waals surface area contributed by atoms with E-state index in [9.17, 15) is 9.59 Å². The lowest BCUT2D eigenvalue weighted by Gasteiger charge is -2.24. The van der Waals surface area contributed by atoms with E-state index >= 15 is 0 Å². The quantitative estimate of drug-likeness (QED) is 0.582. The standard InChI is InChI=1S/C19H33NO3S/c1-2-14-11-16(18(12-14)24-10-6-9-19(22)23)20-13-17(21)15-7-4-3-5-8-15/h14-16,18,20H,2-13H2,1H3,(H,22,23). The van der Waals surface area contributed by atoms with Crippen molar-refractivity contribution in [3.8, 4) is 0 Å². The highest BCUT2D eigenvalue weighted by atomic mass is 32.2. The molecule has 0 radical (unpaired) electrons. The molecular formula is C19H33NO3S. The first kappa shape index (κ1) is 19.8. The molecule has 2 aliphatic carbocycles. The predicted octanol–water partition coefficient (Wildman–Crippen LogP) is 3.88. The second-order valence-corrected chi connectivity index (χ2v) is 8.79. The van der Waals surface area contributed by atoms with Crippen LogP contribution < -0.4 is 5.32 Å². The molecule has 2 aliphatic rings. The maximum Gasteiger partial charge on any atom is 0.303 e. The third-order valence-electron chi connectivity index (χ3n) is 5.64. The van der Waals surface area contributed by atoms with Gasteiger partial charge in [-0.1, -0.05) is 32.6 Å². The molecule has 2 fully saturated rings. The van der Waals surface area contributed by atoms with Crippen molar-refractivity contribution in [3.05, 3.63) is 0 Å². The molecular weight excluding hydrogens is 322 g/mol. The van der Waals surface area contributed by atoms with E-state index in [0.29, 0.717) is 23.6 Å². The number of carboxylic acid groups (broad SMARTS) is 1. The molecule has 0 aliphatic heterocycles. The Morgan fingerprint density at radius 2 is 1.92 bits per heavy atom. The molecule has 0 aromatic heterocycles. The summed E-state index contributed by atoms with van der Waals surface area (Å²) >= 11 is 1.90. The summed E-state index contributed by atoms with van der Waals surface area (Å²) < 4.78 is 0. The molecule has 4 nitrogen and oxygen atoms in total. The van der Waals surface area contributed by atoms with Crippen LogP contribution in [0.1, 0.15) is 71.1 Å². The molecule has 0 heterocycles. The summed E-state index contributed by atoms with van der Waals surface area (Å²) in [6.07, 6.45) is 10.4. The van der Waals surface area contributed by atoms with Gasteiger partial charge in [-0.05, 0) is 43.8 Å². The third kappa shape index (κ3) is 6.40. The Morgan fingerprint density at radius 1 is 1.17 bits per heavy atom. The molecule has 0 amide bonds. The first-order valence-electron chi connectivity index (χ1n) is 9.69. The van der Waals surface area contributed by atoms with Gasteiger partial charge >= 0.3 is 5.97 Å². The average molecular weight is 356 g/mol. The number of carbonyl (C=O) groups is 2. The fourth-order valence-electron chi connectivity index (χ4n) is 4.09. The third-order valence-corrected chi connectivity index (χ3v) is 7.12. The van der Waals surface area contributed by atoms with Gasteiger partial charge in [0.2, 0.25) is 0 Å². The normalized spacial score (nSPS) is 28.1. The van der Waals surface area contributed by atoms with Crippen LogP contribution in [-0.2, 0) is 9.59 Å². The minimum atomic E-state index is -0.707. The van der Waals surface area contributed by atoms with Gasteiger partial charge in [0.1, 0.15) is 5.78 Å². The fraction of sp³-hybridized carbons (Fsp3) is 0.895. The van der Waals surface area contributed by atoms with Gasteiger partial charge in [-0.25, -0.2) is 0 Å². The molecule has 0 bridgehead atoms. The van der Waals surface area contributed by atoms with Gasteiger partial charge in [-0.15, -0.1) is 0 Å². The van der Waals surface area contributed by atoms with Crippen LogP contribution in [0.3, 0.4) is 0 Å². The zero-order chi connectivity index (χ0) is 17.4. The summed E-state index contributed by atoms with van der Waals surface area (Å²) in [5.74, 6) is 1.63. The van der Waals surface area contributed by atoms with Crippen LogP contribution in [0.15, 0.2) is 0 Å². The number of hydrogen-bond acceptors (Lipinski definition) is 4. The van der Waals surface area contributed by atoms with Crippen LogP contribution in [0.25, 0.3) is 0 Å². The van der Waals surface area contributed by atoms with Gasteiger partial charge in [-0.2, -0.15) is 11.8 Å². The van der Waals surface area contributed by atoms with Crippen molar-refractivity contribution >= 4 is 23.5 Å². The van der Waals surface area contributed by atoms with Gasteiger partial charge < -0.3 is 10.4 Å². The zero-order valence-electron chi connectivity index (χ0n) is 15.0. The Morgan fingerprint density at radius 3 is 2.58 bits per heavy atom. The lowest BCUT2D eigenvalue weighted by Crippen LogP contribution is -2.39. The number of nitrogens with one attached hydrogen (secondary N) is 1. The van der Waals surface area contributed by atoms with E-state index in [1.165, 1.54) is 32.1 Å². The predicted molar refractivity (Wildman–Crippen MR) is 99.5 cm³/mol. The smallest absolute Gasteiger partial charge is 0.303 e. The number of carboxylic acids is 1. The van der Waals surface area contributed by atoms with Crippen LogP contribution in [0.2, 0.25) is 0 Å². The molecule has 0 aromatic rings. The van der Waals surface area contributed by atoms with Crippen molar-refractivity contribution < 1.29 is 14.7 Å². The van der Waals surface area contributed by atoms with E-state index in [1.807, 2.05) is 11.8 Å². The lowest BCUT2D eigenvalue weighted by atomic mass is 9.86. The summed E-state index contributed by atoms with van der Waals surface area (Å²) in [6, 6.07) is 0.414. The van der Waals surface area contributed by atoms with Crippen molar-refractivity contribution in [1.82, 2.24) is 5.32 Å². The van der Waals surface area contributed by atoms with Crippen molar-refractivity contribution in [2.24, 2.45) is 11.8 Å². The van der Waals surface area contributed by atoms with Crippen molar-refractivity contribution in [2.75, 3.05) is 12.3 Å². The molecule has 5 heteroatoms. The van der Waals surface area contributed by atoms with Crippen LogP contribution >= 0.6 is 11.8 Å². The summed E-state index contributed by atoms with van der Waals surface area (Å²) in [5.41, 5.74) is 0. The highest BCUT2D eigenvalue weighted by molar-refractivity contribution is 7.99. The van der Waals surface area contributed by atoms with Gasteiger partial charge in [0.15, 0.2) is 0 Å². The molecule has 24 heavy (non-hydrogen) atoms. The SMILES string of the molecule is CCC1CC(NCC(=O)C2CCCCC2)C(SCCCC(=O)O)C1. The highest BCUT2D eigenvalue weighted by Crippen LogP contribution is 2.36. The molecule has 3 unspecified atom stereocenters. The Hall–Kier alpha value is -0.550. The van der Waals surface area contributed by atoms with Gasteiger partial charge in [0, 0.05) is 23.6 Å². The minimum absolute atomic E-state index is 0.259. The first-order valence-corrected chi connectivity index (χ1v) is 10.7. The van der Waals surface area contributed by atoms with Crippen molar-refractivity contribution in [2.45, 2.75) is 82.4 Å². The van der Waals surface area contributed by atoms with Gasteiger partial charge in [0.05, 0.1) is 6.54 Å². The summed E-state index contributed by atoms with van der Waals surface area (Å²) in [6.45, 7) is 2.77. The van der Waals surface area contributed by atoms with Crippen LogP contribution in [-0.4, -0.2) is 40.4 Å². The average Bonchev–Trinajstić information content (AvgIpc) is 2.99. The maximum absolute atomic E-state index is 12.4. The Kier molecular flexibility index (Phi) is 8.60. The summed E-state index contributed by atoms with van der Waals surface area (Å²) in [5, 5.41) is 12.8. The molecule has 2 N–H and O–H groups in total. The number of rotatable bonds is 10. The number of ketones is 1. The van der Waals surface area contributed by atoms with Crippen molar-refractivity contribution in [1.29, 1.82) is 0 Å².